The van der Waals surface area contributed by atoms with Crippen molar-refractivity contribution in [2.24, 2.45) is 11.8 Å². The van der Waals surface area contributed by atoms with Crippen LogP contribution in [0.4, 0.5) is 8.78 Å². The molecule has 2 aliphatic rings. The van der Waals surface area contributed by atoms with E-state index in [-0.39, 0.29) is 13.0 Å². The molecule has 1 N–H and O–H groups in total. The Labute approximate surface area is 83.7 Å². The third-order valence-corrected chi connectivity index (χ3v) is 3.42. The van der Waals surface area contributed by atoms with Gasteiger partial charge in [-0.3, -0.25) is 4.90 Å². The van der Waals surface area contributed by atoms with Gasteiger partial charge in [-0.2, -0.15) is 0 Å². The molecule has 0 aromatic carbocycles. The van der Waals surface area contributed by atoms with Crippen molar-refractivity contribution >= 4 is 0 Å². The lowest BCUT2D eigenvalue weighted by molar-refractivity contribution is 0.0106. The largest absolute Gasteiger partial charge is 0.316 e. The highest BCUT2D eigenvalue weighted by Gasteiger charge is 2.39. The Kier molecular flexibility index (Phi) is 2.75. The van der Waals surface area contributed by atoms with Crippen LogP contribution in [0.25, 0.3) is 0 Å². The minimum absolute atomic E-state index is 0.0315. The molecule has 2 aliphatic heterocycles. The van der Waals surface area contributed by atoms with Crippen LogP contribution in [0.5, 0.6) is 0 Å². The fourth-order valence-electron chi connectivity index (χ4n) is 2.40. The summed E-state index contributed by atoms with van der Waals surface area (Å²) in [6.45, 7) is 5.59. The number of nitrogens with one attached hydrogen (secondary N) is 1. The van der Waals surface area contributed by atoms with Gasteiger partial charge in [0, 0.05) is 19.5 Å². The first-order valence-corrected chi connectivity index (χ1v) is 5.38. The quantitative estimate of drug-likeness (QED) is 0.726. The Morgan fingerprint density at radius 1 is 1.43 bits per heavy atom. The summed E-state index contributed by atoms with van der Waals surface area (Å²) in [6, 6.07) is 0. The average molecular weight is 204 g/mol. The maximum Gasteiger partial charge on any atom is 0.261 e. The van der Waals surface area contributed by atoms with Crippen LogP contribution in [-0.2, 0) is 0 Å². The van der Waals surface area contributed by atoms with E-state index in [1.165, 1.54) is 0 Å². The molecule has 4 heteroatoms. The van der Waals surface area contributed by atoms with Crippen LogP contribution in [0.1, 0.15) is 13.3 Å². The van der Waals surface area contributed by atoms with Crippen LogP contribution in [0.15, 0.2) is 0 Å². The van der Waals surface area contributed by atoms with Gasteiger partial charge in [-0.05, 0) is 24.9 Å². The predicted octanol–water partition coefficient (Wildman–Crippen LogP) is 1.18. The first-order valence-electron chi connectivity index (χ1n) is 5.38. The molecule has 82 valence electrons. The van der Waals surface area contributed by atoms with Gasteiger partial charge in [-0.15, -0.1) is 0 Å². The lowest BCUT2D eigenvalue weighted by Gasteiger charge is -2.22. The molecule has 2 atom stereocenters. The van der Waals surface area contributed by atoms with E-state index in [0.29, 0.717) is 18.4 Å². The van der Waals surface area contributed by atoms with Gasteiger partial charge in [0.2, 0.25) is 0 Å². The van der Waals surface area contributed by atoms with Gasteiger partial charge >= 0.3 is 0 Å². The molecule has 2 nitrogen and oxygen atoms in total. The molecule has 0 unspecified atom stereocenters. The highest BCUT2D eigenvalue weighted by Crippen LogP contribution is 2.28. The van der Waals surface area contributed by atoms with E-state index in [4.69, 9.17) is 0 Å². The number of hydrogen-bond donors (Lipinski definition) is 1. The molecule has 0 radical (unpaired) electrons. The lowest BCUT2D eigenvalue weighted by Crippen LogP contribution is -2.32. The highest BCUT2D eigenvalue weighted by atomic mass is 19.3. The molecule has 2 saturated heterocycles. The third kappa shape index (κ3) is 2.23. The van der Waals surface area contributed by atoms with Gasteiger partial charge in [0.1, 0.15) is 0 Å². The Bertz CT molecular complexity index is 208. The Morgan fingerprint density at radius 3 is 2.71 bits per heavy atom. The summed E-state index contributed by atoms with van der Waals surface area (Å²) in [6.07, 6.45) is 0.0432. The van der Waals surface area contributed by atoms with E-state index in [1.807, 2.05) is 4.90 Å². The zero-order valence-corrected chi connectivity index (χ0v) is 8.60. The van der Waals surface area contributed by atoms with E-state index in [2.05, 4.69) is 12.2 Å². The van der Waals surface area contributed by atoms with Crippen molar-refractivity contribution < 1.29 is 8.78 Å². The normalized spacial score (nSPS) is 37.9. The molecular formula is C10H18F2N2. The Balaban J connectivity index is 1.81. The second-order valence-corrected chi connectivity index (χ2v) is 4.74. The van der Waals surface area contributed by atoms with Crippen LogP contribution in [0.2, 0.25) is 0 Å². The van der Waals surface area contributed by atoms with Crippen molar-refractivity contribution in [2.75, 3.05) is 32.7 Å². The van der Waals surface area contributed by atoms with E-state index in [9.17, 15) is 8.78 Å². The molecule has 0 amide bonds. The first kappa shape index (κ1) is 10.3. The molecule has 0 saturated carbocycles. The standard InChI is InChI=1S/C10H18F2N2/c1-8-4-13-5-9(8)6-14-3-2-10(11,12)7-14/h8-9,13H,2-7H2,1H3/t8-,9+/m1/s1. The van der Waals surface area contributed by atoms with Crippen molar-refractivity contribution in [3.05, 3.63) is 0 Å². The van der Waals surface area contributed by atoms with Gasteiger partial charge in [-0.25, -0.2) is 8.78 Å². The molecule has 0 aromatic heterocycles. The van der Waals surface area contributed by atoms with E-state index in [0.717, 1.165) is 19.6 Å². The molecular weight excluding hydrogens is 186 g/mol. The zero-order chi connectivity index (χ0) is 10.2. The fraction of sp³-hybridized carbons (Fsp3) is 1.00. The molecule has 2 rings (SSSR count). The lowest BCUT2D eigenvalue weighted by atomic mass is 9.98. The molecule has 2 heterocycles. The SMILES string of the molecule is C[C@@H]1CNC[C@H]1CN1CCC(F)(F)C1. The summed E-state index contributed by atoms with van der Waals surface area (Å²) in [7, 11) is 0. The van der Waals surface area contributed by atoms with Crippen LogP contribution in [0.3, 0.4) is 0 Å². The summed E-state index contributed by atoms with van der Waals surface area (Å²) in [5, 5.41) is 3.30. The van der Waals surface area contributed by atoms with E-state index in [1.54, 1.807) is 0 Å². The summed E-state index contributed by atoms with van der Waals surface area (Å²) in [4.78, 5) is 1.91. The monoisotopic (exact) mass is 204 g/mol. The van der Waals surface area contributed by atoms with Gasteiger partial charge in [0.05, 0.1) is 6.54 Å². The number of alkyl halides is 2. The Morgan fingerprint density at radius 2 is 2.21 bits per heavy atom. The minimum atomic E-state index is -2.44. The van der Waals surface area contributed by atoms with Crippen molar-refractivity contribution in [2.45, 2.75) is 19.3 Å². The van der Waals surface area contributed by atoms with Gasteiger partial charge in [-0.1, -0.05) is 6.92 Å². The molecule has 14 heavy (non-hydrogen) atoms. The van der Waals surface area contributed by atoms with Crippen LogP contribution in [-0.4, -0.2) is 43.5 Å². The molecule has 2 fully saturated rings. The molecule has 0 aromatic rings. The maximum absolute atomic E-state index is 12.9. The van der Waals surface area contributed by atoms with Crippen molar-refractivity contribution in [3.8, 4) is 0 Å². The topological polar surface area (TPSA) is 15.3 Å². The van der Waals surface area contributed by atoms with Gasteiger partial charge in [0.25, 0.3) is 5.92 Å². The number of halogens is 2. The predicted molar refractivity (Wildman–Crippen MR) is 51.5 cm³/mol. The number of nitrogens with zero attached hydrogens (tertiary/aromatic N) is 1. The van der Waals surface area contributed by atoms with Crippen molar-refractivity contribution in [1.82, 2.24) is 10.2 Å². The number of rotatable bonds is 2. The van der Waals surface area contributed by atoms with Crippen molar-refractivity contribution in [3.63, 3.8) is 0 Å². The van der Waals surface area contributed by atoms with Gasteiger partial charge in [0.15, 0.2) is 0 Å². The van der Waals surface area contributed by atoms with Crippen LogP contribution < -0.4 is 5.32 Å². The maximum atomic E-state index is 12.9. The van der Waals surface area contributed by atoms with E-state index < -0.39 is 5.92 Å². The van der Waals surface area contributed by atoms with Crippen molar-refractivity contribution in [1.29, 1.82) is 0 Å². The smallest absolute Gasteiger partial charge is 0.261 e. The third-order valence-electron chi connectivity index (χ3n) is 3.42. The second-order valence-electron chi connectivity index (χ2n) is 4.74. The average Bonchev–Trinajstić information content (AvgIpc) is 2.61. The second kappa shape index (κ2) is 3.74. The van der Waals surface area contributed by atoms with Gasteiger partial charge < -0.3 is 5.32 Å². The van der Waals surface area contributed by atoms with Crippen LogP contribution >= 0.6 is 0 Å². The number of likely N-dealkylation sites (tertiary alicyclic amines) is 1. The highest BCUT2D eigenvalue weighted by molar-refractivity contribution is 4.86. The fourth-order valence-corrected chi connectivity index (χ4v) is 2.40. The first-order chi connectivity index (χ1) is 6.57. The van der Waals surface area contributed by atoms with Crippen LogP contribution in [0, 0.1) is 11.8 Å². The molecule has 0 bridgehead atoms. The molecule has 0 aliphatic carbocycles. The summed E-state index contributed by atoms with van der Waals surface area (Å²) >= 11 is 0. The summed E-state index contributed by atoms with van der Waals surface area (Å²) in [5.74, 6) is -1.25. The Hall–Kier alpha value is -0.220. The minimum Gasteiger partial charge on any atom is -0.316 e. The molecule has 0 spiro atoms. The number of hydrogen-bond acceptors (Lipinski definition) is 2. The van der Waals surface area contributed by atoms with E-state index >= 15 is 0 Å². The summed E-state index contributed by atoms with van der Waals surface area (Å²) in [5.41, 5.74) is 0. The summed E-state index contributed by atoms with van der Waals surface area (Å²) < 4.78 is 25.8. The zero-order valence-electron chi connectivity index (χ0n) is 8.60.